The third kappa shape index (κ3) is 3.34. The van der Waals surface area contributed by atoms with Gasteiger partial charge in [-0.25, -0.2) is 4.98 Å². The number of hydrogen-bond donors (Lipinski definition) is 1. The maximum Gasteiger partial charge on any atom is 0.257 e. The van der Waals surface area contributed by atoms with Crippen molar-refractivity contribution in [3.63, 3.8) is 0 Å². The second-order valence-electron chi connectivity index (χ2n) is 3.88. The van der Waals surface area contributed by atoms with Crippen LogP contribution in [-0.2, 0) is 5.75 Å². The van der Waals surface area contributed by atoms with Crippen LogP contribution in [0.3, 0.4) is 0 Å². The number of amides is 1. The first-order valence-corrected chi connectivity index (χ1v) is 7.78. The number of hydrogen-bond acceptors (Lipinski definition) is 4. The molecule has 0 saturated carbocycles. The molecule has 0 fully saturated rings. The fourth-order valence-electron chi connectivity index (χ4n) is 1.55. The lowest BCUT2D eigenvalue weighted by atomic mass is 10.1. The molecule has 2 rings (SSSR count). The van der Waals surface area contributed by atoms with Gasteiger partial charge < -0.3 is 0 Å². The van der Waals surface area contributed by atoms with E-state index in [2.05, 4.69) is 10.3 Å². The van der Waals surface area contributed by atoms with Gasteiger partial charge in [-0.05, 0) is 30.9 Å². The molecule has 1 aromatic heterocycles. The van der Waals surface area contributed by atoms with Crippen molar-refractivity contribution in [1.82, 2.24) is 4.98 Å². The first-order valence-electron chi connectivity index (χ1n) is 5.50. The van der Waals surface area contributed by atoms with Gasteiger partial charge in [0.2, 0.25) is 0 Å². The van der Waals surface area contributed by atoms with Gasteiger partial charge in [-0.2, -0.15) is 11.8 Å². The third-order valence-electron chi connectivity index (χ3n) is 2.34. The number of thioether (sulfide) groups is 1. The summed E-state index contributed by atoms with van der Waals surface area (Å²) in [6, 6.07) is 7.68. The van der Waals surface area contributed by atoms with Gasteiger partial charge in [0.05, 0.1) is 5.69 Å². The van der Waals surface area contributed by atoms with E-state index < -0.39 is 0 Å². The molecule has 0 radical (unpaired) electrons. The normalized spacial score (nSPS) is 10.3. The number of thiazole rings is 1. The zero-order valence-corrected chi connectivity index (χ0v) is 11.9. The highest BCUT2D eigenvalue weighted by atomic mass is 32.2. The Morgan fingerprint density at radius 3 is 3.00 bits per heavy atom. The van der Waals surface area contributed by atoms with Crippen LogP contribution in [0, 0.1) is 6.92 Å². The molecular weight excluding hydrogens is 264 g/mol. The Balaban J connectivity index is 2.11. The van der Waals surface area contributed by atoms with E-state index in [1.807, 2.05) is 42.8 Å². The number of aromatic nitrogens is 1. The Morgan fingerprint density at radius 1 is 1.50 bits per heavy atom. The smallest absolute Gasteiger partial charge is 0.257 e. The zero-order chi connectivity index (χ0) is 13.0. The Bertz CT molecular complexity index is 551. The van der Waals surface area contributed by atoms with Crippen molar-refractivity contribution in [3.05, 3.63) is 46.5 Å². The molecular formula is C13H14N2OS2. The quantitative estimate of drug-likeness (QED) is 0.929. The molecule has 1 amide bonds. The van der Waals surface area contributed by atoms with Gasteiger partial charge in [-0.3, -0.25) is 10.1 Å². The molecule has 2 aromatic rings. The lowest BCUT2D eigenvalue weighted by Gasteiger charge is -2.04. The molecule has 5 heteroatoms. The Labute approximate surface area is 115 Å². The minimum absolute atomic E-state index is 0.104. The van der Waals surface area contributed by atoms with Crippen LogP contribution in [0.15, 0.2) is 29.6 Å². The van der Waals surface area contributed by atoms with Gasteiger partial charge in [0, 0.05) is 16.7 Å². The molecule has 1 aromatic carbocycles. The van der Waals surface area contributed by atoms with Crippen LogP contribution >= 0.6 is 23.1 Å². The molecule has 94 valence electrons. The number of anilines is 1. The molecule has 0 unspecified atom stereocenters. The van der Waals surface area contributed by atoms with E-state index in [0.29, 0.717) is 10.7 Å². The second kappa shape index (κ2) is 6.02. The lowest BCUT2D eigenvalue weighted by molar-refractivity contribution is 0.102. The van der Waals surface area contributed by atoms with E-state index in [-0.39, 0.29) is 5.91 Å². The third-order valence-corrected chi connectivity index (χ3v) is 3.84. The predicted octanol–water partition coefficient (Wildman–Crippen LogP) is 3.57. The molecule has 0 saturated heterocycles. The number of benzene rings is 1. The summed E-state index contributed by atoms with van der Waals surface area (Å²) >= 11 is 3.18. The van der Waals surface area contributed by atoms with Crippen LogP contribution in [0.2, 0.25) is 0 Å². The maximum atomic E-state index is 12.0. The van der Waals surface area contributed by atoms with E-state index in [9.17, 15) is 4.79 Å². The first-order chi connectivity index (χ1) is 8.69. The lowest BCUT2D eigenvalue weighted by Crippen LogP contribution is -2.11. The monoisotopic (exact) mass is 278 g/mol. The summed E-state index contributed by atoms with van der Waals surface area (Å²) in [6.45, 7) is 1.91. The summed E-state index contributed by atoms with van der Waals surface area (Å²) in [6.07, 6.45) is 2.05. The molecule has 0 bridgehead atoms. The van der Waals surface area contributed by atoms with Crippen molar-refractivity contribution in [3.8, 4) is 0 Å². The number of aryl methyl sites for hydroxylation is 1. The van der Waals surface area contributed by atoms with Crippen molar-refractivity contribution in [2.75, 3.05) is 11.6 Å². The van der Waals surface area contributed by atoms with E-state index in [1.165, 1.54) is 11.3 Å². The average Bonchev–Trinajstić information content (AvgIpc) is 2.75. The Hall–Kier alpha value is -1.33. The standard InChI is InChI=1S/C13H14N2OS2/c1-9-7-18-13(14-9)15-12(16)11-5-3-4-10(6-11)8-17-2/h3-7H,8H2,1-2H3,(H,14,15,16). The number of rotatable bonds is 4. The minimum Gasteiger partial charge on any atom is -0.298 e. The van der Waals surface area contributed by atoms with E-state index in [1.54, 1.807) is 11.8 Å². The highest BCUT2D eigenvalue weighted by Gasteiger charge is 2.08. The molecule has 1 heterocycles. The maximum absolute atomic E-state index is 12.0. The zero-order valence-electron chi connectivity index (χ0n) is 10.3. The van der Waals surface area contributed by atoms with Crippen LogP contribution in [0.25, 0.3) is 0 Å². The van der Waals surface area contributed by atoms with Crippen molar-refractivity contribution < 1.29 is 4.79 Å². The van der Waals surface area contributed by atoms with Crippen LogP contribution in [0.5, 0.6) is 0 Å². The van der Waals surface area contributed by atoms with E-state index in [4.69, 9.17) is 0 Å². The molecule has 18 heavy (non-hydrogen) atoms. The Kier molecular flexibility index (Phi) is 4.38. The van der Waals surface area contributed by atoms with Crippen molar-refractivity contribution in [1.29, 1.82) is 0 Å². The van der Waals surface area contributed by atoms with Crippen molar-refractivity contribution in [2.45, 2.75) is 12.7 Å². The highest BCUT2D eigenvalue weighted by molar-refractivity contribution is 7.97. The SMILES string of the molecule is CSCc1cccc(C(=O)Nc2nc(C)cs2)c1. The van der Waals surface area contributed by atoms with Gasteiger partial charge in [-0.15, -0.1) is 11.3 Å². The fourth-order valence-corrected chi connectivity index (χ4v) is 2.75. The number of nitrogens with zero attached hydrogens (tertiary/aromatic N) is 1. The largest absolute Gasteiger partial charge is 0.298 e. The fraction of sp³-hybridized carbons (Fsp3) is 0.231. The topological polar surface area (TPSA) is 42.0 Å². The molecule has 0 aliphatic rings. The van der Waals surface area contributed by atoms with Gasteiger partial charge in [-0.1, -0.05) is 12.1 Å². The summed E-state index contributed by atoms with van der Waals surface area (Å²) in [7, 11) is 0. The number of carbonyl (C=O) groups excluding carboxylic acids is 1. The van der Waals surface area contributed by atoms with Crippen molar-refractivity contribution in [2.24, 2.45) is 0 Å². The predicted molar refractivity (Wildman–Crippen MR) is 78.5 cm³/mol. The van der Waals surface area contributed by atoms with Crippen LogP contribution < -0.4 is 5.32 Å². The highest BCUT2D eigenvalue weighted by Crippen LogP contribution is 2.17. The summed E-state index contributed by atoms with van der Waals surface area (Å²) in [5.41, 5.74) is 2.76. The molecule has 0 atom stereocenters. The molecule has 0 aliphatic carbocycles. The van der Waals surface area contributed by atoms with Crippen LogP contribution in [0.1, 0.15) is 21.6 Å². The Morgan fingerprint density at radius 2 is 2.33 bits per heavy atom. The van der Waals surface area contributed by atoms with Gasteiger partial charge in [0.15, 0.2) is 5.13 Å². The molecule has 0 aliphatic heterocycles. The van der Waals surface area contributed by atoms with Gasteiger partial charge in [0.1, 0.15) is 0 Å². The van der Waals surface area contributed by atoms with E-state index in [0.717, 1.165) is 17.0 Å². The van der Waals surface area contributed by atoms with E-state index >= 15 is 0 Å². The van der Waals surface area contributed by atoms with Gasteiger partial charge >= 0.3 is 0 Å². The number of nitrogens with one attached hydrogen (secondary N) is 1. The summed E-state index contributed by atoms with van der Waals surface area (Å²) in [4.78, 5) is 16.2. The summed E-state index contributed by atoms with van der Waals surface area (Å²) < 4.78 is 0. The van der Waals surface area contributed by atoms with Crippen LogP contribution in [-0.4, -0.2) is 17.1 Å². The molecule has 1 N–H and O–H groups in total. The minimum atomic E-state index is -0.104. The second-order valence-corrected chi connectivity index (χ2v) is 5.61. The molecule has 0 spiro atoms. The molecule has 3 nitrogen and oxygen atoms in total. The van der Waals surface area contributed by atoms with Gasteiger partial charge in [0.25, 0.3) is 5.91 Å². The summed E-state index contributed by atoms with van der Waals surface area (Å²) in [5, 5.41) is 5.37. The average molecular weight is 278 g/mol. The number of carbonyl (C=O) groups is 1. The van der Waals surface area contributed by atoms with Crippen molar-refractivity contribution >= 4 is 34.1 Å². The first kappa shape index (κ1) is 13.1. The summed E-state index contributed by atoms with van der Waals surface area (Å²) in [5.74, 6) is 0.810. The van der Waals surface area contributed by atoms with Crippen LogP contribution in [0.4, 0.5) is 5.13 Å².